The lowest BCUT2D eigenvalue weighted by molar-refractivity contribution is -0.116. The summed E-state index contributed by atoms with van der Waals surface area (Å²) in [7, 11) is 0. The van der Waals surface area contributed by atoms with Gasteiger partial charge in [-0.2, -0.15) is 0 Å². The second-order valence-electron chi connectivity index (χ2n) is 9.04. The summed E-state index contributed by atoms with van der Waals surface area (Å²) < 4.78 is 0. The first-order valence-electron chi connectivity index (χ1n) is 10.8. The second-order valence-corrected chi connectivity index (χ2v) is 9.04. The van der Waals surface area contributed by atoms with Crippen LogP contribution in [0.15, 0.2) is 60.7 Å². The zero-order chi connectivity index (χ0) is 22.9. The summed E-state index contributed by atoms with van der Waals surface area (Å²) in [4.78, 5) is 39.8. The first-order valence-corrected chi connectivity index (χ1v) is 10.8. The molecular formula is C26H27N3O3. The van der Waals surface area contributed by atoms with Gasteiger partial charge >= 0.3 is 0 Å². The number of para-hydroxylation sites is 1. The Morgan fingerprint density at radius 2 is 1.66 bits per heavy atom. The van der Waals surface area contributed by atoms with Crippen molar-refractivity contribution in [2.45, 2.75) is 39.2 Å². The maximum atomic E-state index is 12.9. The van der Waals surface area contributed by atoms with Gasteiger partial charge in [-0.1, -0.05) is 36.4 Å². The lowest BCUT2D eigenvalue weighted by Gasteiger charge is -2.21. The molecule has 1 aliphatic rings. The largest absolute Gasteiger partial charge is 0.347 e. The summed E-state index contributed by atoms with van der Waals surface area (Å²) in [6.07, 6.45) is 0.754. The quantitative estimate of drug-likeness (QED) is 0.594. The number of amides is 3. The summed E-state index contributed by atoms with van der Waals surface area (Å²) in [6, 6.07) is 18.6. The molecule has 0 unspecified atom stereocenters. The smallest absolute Gasteiger partial charge is 0.258 e. The van der Waals surface area contributed by atoms with Gasteiger partial charge in [-0.25, -0.2) is 0 Å². The monoisotopic (exact) mass is 429 g/mol. The SMILES string of the molecule is CC(C)(C)NC(=O)c1ccccc1NC(=O)CCCN1C(=O)c2cccc3cccc1c23. The summed E-state index contributed by atoms with van der Waals surface area (Å²) >= 11 is 0. The first kappa shape index (κ1) is 21.6. The van der Waals surface area contributed by atoms with Crippen LogP contribution in [-0.2, 0) is 4.79 Å². The molecule has 0 bridgehead atoms. The maximum absolute atomic E-state index is 12.9. The highest BCUT2D eigenvalue weighted by molar-refractivity contribution is 6.25. The maximum Gasteiger partial charge on any atom is 0.258 e. The molecule has 1 heterocycles. The Balaban J connectivity index is 1.39. The van der Waals surface area contributed by atoms with Gasteiger partial charge in [0.15, 0.2) is 0 Å². The molecule has 1 aliphatic heterocycles. The fraction of sp³-hybridized carbons (Fsp3) is 0.269. The molecule has 2 N–H and O–H groups in total. The average Bonchev–Trinajstić information content (AvgIpc) is 3.01. The molecule has 6 nitrogen and oxygen atoms in total. The molecule has 6 heteroatoms. The van der Waals surface area contributed by atoms with E-state index in [1.807, 2.05) is 57.2 Å². The minimum atomic E-state index is -0.378. The Morgan fingerprint density at radius 3 is 2.41 bits per heavy atom. The van der Waals surface area contributed by atoms with E-state index in [4.69, 9.17) is 0 Å². The van der Waals surface area contributed by atoms with Crippen LogP contribution in [0.5, 0.6) is 0 Å². The van der Waals surface area contributed by atoms with Crippen molar-refractivity contribution in [2.24, 2.45) is 0 Å². The van der Waals surface area contributed by atoms with Crippen LogP contribution in [0.2, 0.25) is 0 Å². The third-order valence-corrected chi connectivity index (χ3v) is 5.37. The zero-order valence-electron chi connectivity index (χ0n) is 18.6. The van der Waals surface area contributed by atoms with Crippen LogP contribution in [0.25, 0.3) is 10.8 Å². The third-order valence-electron chi connectivity index (χ3n) is 5.37. The van der Waals surface area contributed by atoms with Crippen molar-refractivity contribution in [3.8, 4) is 0 Å². The highest BCUT2D eigenvalue weighted by Gasteiger charge is 2.29. The molecule has 0 radical (unpaired) electrons. The van der Waals surface area contributed by atoms with E-state index in [1.54, 1.807) is 29.2 Å². The molecular weight excluding hydrogens is 402 g/mol. The predicted octanol–water partition coefficient (Wildman–Crippen LogP) is 4.75. The van der Waals surface area contributed by atoms with Crippen molar-refractivity contribution >= 4 is 39.9 Å². The van der Waals surface area contributed by atoms with Crippen molar-refractivity contribution in [1.82, 2.24) is 5.32 Å². The van der Waals surface area contributed by atoms with E-state index < -0.39 is 0 Å². The van der Waals surface area contributed by atoms with Gasteiger partial charge < -0.3 is 15.5 Å². The number of nitrogens with one attached hydrogen (secondary N) is 2. The summed E-state index contributed by atoms with van der Waals surface area (Å²) in [6.45, 7) is 6.17. The molecule has 0 saturated heterocycles. The molecule has 0 aliphatic carbocycles. The van der Waals surface area contributed by atoms with Crippen molar-refractivity contribution in [3.63, 3.8) is 0 Å². The van der Waals surface area contributed by atoms with Crippen molar-refractivity contribution in [3.05, 3.63) is 71.8 Å². The second kappa shape index (κ2) is 8.46. The van der Waals surface area contributed by atoms with Gasteiger partial charge in [-0.3, -0.25) is 14.4 Å². The van der Waals surface area contributed by atoms with Gasteiger partial charge in [-0.15, -0.1) is 0 Å². The molecule has 0 aromatic heterocycles. The Bertz CT molecular complexity index is 1210. The summed E-state index contributed by atoms with van der Waals surface area (Å²) in [5.41, 5.74) is 2.13. The fourth-order valence-electron chi connectivity index (χ4n) is 4.01. The van der Waals surface area contributed by atoms with Crippen LogP contribution < -0.4 is 15.5 Å². The molecule has 164 valence electrons. The number of hydrogen-bond acceptors (Lipinski definition) is 3. The van der Waals surface area contributed by atoms with Gasteiger partial charge in [0.25, 0.3) is 11.8 Å². The van der Waals surface area contributed by atoms with Crippen LogP contribution in [-0.4, -0.2) is 29.8 Å². The fourth-order valence-corrected chi connectivity index (χ4v) is 4.01. The first-order chi connectivity index (χ1) is 15.2. The van der Waals surface area contributed by atoms with Crippen molar-refractivity contribution in [2.75, 3.05) is 16.8 Å². The van der Waals surface area contributed by atoms with Crippen LogP contribution in [0.4, 0.5) is 11.4 Å². The van der Waals surface area contributed by atoms with E-state index in [0.717, 1.165) is 16.5 Å². The molecule has 3 aromatic rings. The average molecular weight is 430 g/mol. The third kappa shape index (κ3) is 4.35. The van der Waals surface area contributed by atoms with Gasteiger partial charge in [0.1, 0.15) is 0 Å². The molecule has 0 fully saturated rings. The van der Waals surface area contributed by atoms with E-state index in [0.29, 0.717) is 29.8 Å². The lowest BCUT2D eigenvalue weighted by atomic mass is 10.1. The van der Waals surface area contributed by atoms with Crippen LogP contribution >= 0.6 is 0 Å². The molecule has 0 atom stereocenters. The number of anilines is 2. The molecule has 32 heavy (non-hydrogen) atoms. The minimum absolute atomic E-state index is 0.0265. The highest BCUT2D eigenvalue weighted by atomic mass is 16.2. The van der Waals surface area contributed by atoms with Gasteiger partial charge in [-0.05, 0) is 56.8 Å². The van der Waals surface area contributed by atoms with E-state index in [-0.39, 0.29) is 29.7 Å². The summed E-state index contributed by atoms with van der Waals surface area (Å²) in [5, 5.41) is 7.78. The van der Waals surface area contributed by atoms with Crippen LogP contribution in [0, 0.1) is 0 Å². The lowest BCUT2D eigenvalue weighted by Crippen LogP contribution is -2.40. The Labute approximate surface area is 187 Å². The molecule has 3 aromatic carbocycles. The molecule has 0 spiro atoms. The Hall–Kier alpha value is -3.67. The van der Waals surface area contributed by atoms with Gasteiger partial charge in [0.05, 0.1) is 16.9 Å². The predicted molar refractivity (Wildman–Crippen MR) is 127 cm³/mol. The van der Waals surface area contributed by atoms with E-state index in [1.165, 1.54) is 0 Å². The number of carbonyl (C=O) groups excluding carboxylic acids is 3. The Kier molecular flexibility index (Phi) is 5.70. The molecule has 0 saturated carbocycles. The summed E-state index contributed by atoms with van der Waals surface area (Å²) in [5.74, 6) is -0.452. The zero-order valence-corrected chi connectivity index (χ0v) is 18.6. The number of carbonyl (C=O) groups is 3. The van der Waals surface area contributed by atoms with Crippen LogP contribution in [0.3, 0.4) is 0 Å². The van der Waals surface area contributed by atoms with Crippen molar-refractivity contribution < 1.29 is 14.4 Å². The highest BCUT2D eigenvalue weighted by Crippen LogP contribution is 2.37. The van der Waals surface area contributed by atoms with E-state index >= 15 is 0 Å². The van der Waals surface area contributed by atoms with Crippen LogP contribution in [0.1, 0.15) is 54.3 Å². The number of hydrogen-bond donors (Lipinski definition) is 2. The molecule has 3 amide bonds. The van der Waals surface area contributed by atoms with E-state index in [2.05, 4.69) is 10.6 Å². The van der Waals surface area contributed by atoms with Crippen molar-refractivity contribution in [1.29, 1.82) is 0 Å². The number of benzene rings is 3. The normalized spacial score (nSPS) is 12.8. The van der Waals surface area contributed by atoms with E-state index in [9.17, 15) is 14.4 Å². The minimum Gasteiger partial charge on any atom is -0.347 e. The van der Waals surface area contributed by atoms with Gasteiger partial charge in [0.2, 0.25) is 5.91 Å². The van der Waals surface area contributed by atoms with Gasteiger partial charge in [0, 0.05) is 29.5 Å². The number of rotatable bonds is 6. The number of nitrogens with zero attached hydrogens (tertiary/aromatic N) is 1. The molecule has 4 rings (SSSR count). The topological polar surface area (TPSA) is 78.5 Å². The Morgan fingerprint density at radius 1 is 0.938 bits per heavy atom. The standard InChI is InChI=1S/C26H27N3O3/c1-26(2,3)28-24(31)18-11-4-5-13-20(18)27-22(30)15-8-16-29-21-14-7-10-17-9-6-12-19(23(17)21)25(29)32/h4-7,9-14H,8,15-16H2,1-3H3,(H,27,30)(H,28,31).